The number of aromatic amines is 1. The molecule has 2 heterocycles. The maximum absolute atomic E-state index is 11.0. The van der Waals surface area contributed by atoms with Gasteiger partial charge in [-0.05, 0) is 24.1 Å². The number of nitrogens with zero attached hydrogens (tertiary/aromatic N) is 2. The zero-order valence-corrected chi connectivity index (χ0v) is 9.76. The van der Waals surface area contributed by atoms with Gasteiger partial charge in [-0.15, -0.1) is 0 Å². The van der Waals surface area contributed by atoms with Gasteiger partial charge in [0.25, 0.3) is 0 Å². The lowest BCUT2D eigenvalue weighted by atomic mass is 10.1. The number of fused-ring (bicyclic) bond motifs is 1. The van der Waals surface area contributed by atoms with E-state index in [4.69, 9.17) is 5.11 Å². The van der Waals surface area contributed by atoms with Crippen LogP contribution in [0.5, 0.6) is 0 Å². The number of imidazole rings is 1. The van der Waals surface area contributed by atoms with E-state index in [1.165, 1.54) is 5.56 Å². The molecule has 5 heteroatoms. The SMILES string of the molecule is O=C(O)c1ccc2c(c1)N(Cc1c[nH]cn1)CC2. The number of rotatable bonds is 3. The zero-order valence-electron chi connectivity index (χ0n) is 9.76. The number of benzene rings is 1. The van der Waals surface area contributed by atoms with Gasteiger partial charge in [0.05, 0.1) is 24.1 Å². The summed E-state index contributed by atoms with van der Waals surface area (Å²) in [6.07, 6.45) is 4.47. The summed E-state index contributed by atoms with van der Waals surface area (Å²) in [6, 6.07) is 5.32. The maximum Gasteiger partial charge on any atom is 0.335 e. The van der Waals surface area contributed by atoms with E-state index >= 15 is 0 Å². The van der Waals surface area contributed by atoms with Crippen molar-refractivity contribution in [1.29, 1.82) is 0 Å². The van der Waals surface area contributed by atoms with Gasteiger partial charge >= 0.3 is 5.97 Å². The number of carboxylic acid groups (broad SMARTS) is 1. The molecule has 92 valence electrons. The van der Waals surface area contributed by atoms with E-state index in [9.17, 15) is 4.79 Å². The molecule has 0 atom stereocenters. The Morgan fingerprint density at radius 3 is 3.11 bits per heavy atom. The Bertz CT molecular complexity index is 578. The molecule has 5 nitrogen and oxygen atoms in total. The molecule has 0 saturated heterocycles. The normalized spacial score (nSPS) is 13.7. The summed E-state index contributed by atoms with van der Waals surface area (Å²) >= 11 is 0. The fraction of sp³-hybridized carbons (Fsp3) is 0.231. The molecular formula is C13H13N3O2. The second kappa shape index (κ2) is 4.18. The monoisotopic (exact) mass is 243 g/mol. The van der Waals surface area contributed by atoms with E-state index in [1.54, 1.807) is 18.5 Å². The molecule has 0 spiro atoms. The molecule has 2 aromatic rings. The minimum atomic E-state index is -0.885. The maximum atomic E-state index is 11.0. The molecule has 0 amide bonds. The van der Waals surface area contributed by atoms with Crippen LogP contribution in [0.3, 0.4) is 0 Å². The Kier molecular flexibility index (Phi) is 2.51. The minimum absolute atomic E-state index is 0.336. The van der Waals surface area contributed by atoms with E-state index < -0.39 is 5.97 Å². The van der Waals surface area contributed by atoms with Crippen molar-refractivity contribution in [3.63, 3.8) is 0 Å². The third kappa shape index (κ3) is 1.84. The van der Waals surface area contributed by atoms with Crippen molar-refractivity contribution in [3.05, 3.63) is 47.5 Å². The molecule has 0 aliphatic carbocycles. The number of anilines is 1. The van der Waals surface area contributed by atoms with E-state index in [0.29, 0.717) is 12.1 Å². The number of hydrogen-bond acceptors (Lipinski definition) is 3. The van der Waals surface area contributed by atoms with E-state index in [1.807, 2.05) is 12.3 Å². The van der Waals surface area contributed by atoms with Gasteiger partial charge in [-0.25, -0.2) is 9.78 Å². The highest BCUT2D eigenvalue weighted by molar-refractivity contribution is 5.89. The largest absolute Gasteiger partial charge is 0.478 e. The van der Waals surface area contributed by atoms with Crippen LogP contribution in [-0.2, 0) is 13.0 Å². The standard InChI is InChI=1S/C13H13N3O2/c17-13(18)10-2-1-9-3-4-16(12(9)5-10)7-11-6-14-8-15-11/h1-2,5-6,8H,3-4,7H2,(H,14,15)(H,17,18). The lowest BCUT2D eigenvalue weighted by Gasteiger charge is -2.18. The first-order valence-corrected chi connectivity index (χ1v) is 5.83. The average Bonchev–Trinajstić information content (AvgIpc) is 2.99. The van der Waals surface area contributed by atoms with Gasteiger partial charge in [0.1, 0.15) is 0 Å². The Hall–Kier alpha value is -2.30. The summed E-state index contributed by atoms with van der Waals surface area (Å²) in [5, 5.41) is 9.02. The van der Waals surface area contributed by atoms with E-state index in [2.05, 4.69) is 14.9 Å². The first-order chi connectivity index (χ1) is 8.74. The van der Waals surface area contributed by atoms with Crippen LogP contribution in [0.1, 0.15) is 21.6 Å². The predicted octanol–water partition coefficient (Wildman–Crippen LogP) is 1.67. The summed E-state index contributed by atoms with van der Waals surface area (Å²) in [7, 11) is 0. The summed E-state index contributed by atoms with van der Waals surface area (Å²) < 4.78 is 0. The highest BCUT2D eigenvalue weighted by Crippen LogP contribution is 2.30. The molecule has 1 aliphatic rings. The van der Waals surface area contributed by atoms with Crippen LogP contribution < -0.4 is 4.90 Å². The molecule has 1 aromatic heterocycles. The van der Waals surface area contributed by atoms with Gasteiger partial charge in [0.15, 0.2) is 0 Å². The number of carboxylic acids is 1. The fourth-order valence-corrected chi connectivity index (χ4v) is 2.32. The quantitative estimate of drug-likeness (QED) is 0.860. The molecule has 0 bridgehead atoms. The molecule has 0 fully saturated rings. The molecule has 2 N–H and O–H groups in total. The molecule has 1 aliphatic heterocycles. The van der Waals surface area contributed by atoms with Crippen LogP contribution >= 0.6 is 0 Å². The number of nitrogens with one attached hydrogen (secondary N) is 1. The zero-order chi connectivity index (χ0) is 12.5. The second-order valence-electron chi connectivity index (χ2n) is 4.38. The minimum Gasteiger partial charge on any atom is -0.478 e. The van der Waals surface area contributed by atoms with Crippen molar-refractivity contribution in [3.8, 4) is 0 Å². The Morgan fingerprint density at radius 1 is 1.50 bits per heavy atom. The van der Waals surface area contributed by atoms with E-state index in [-0.39, 0.29) is 0 Å². The smallest absolute Gasteiger partial charge is 0.335 e. The highest BCUT2D eigenvalue weighted by atomic mass is 16.4. The van der Waals surface area contributed by atoms with Crippen LogP contribution in [0.15, 0.2) is 30.7 Å². The molecule has 0 radical (unpaired) electrons. The third-order valence-corrected chi connectivity index (χ3v) is 3.23. The summed E-state index contributed by atoms with van der Waals surface area (Å²) in [6.45, 7) is 1.62. The first-order valence-electron chi connectivity index (χ1n) is 5.83. The average molecular weight is 243 g/mol. The Morgan fingerprint density at radius 2 is 2.39 bits per heavy atom. The topological polar surface area (TPSA) is 69.2 Å². The van der Waals surface area contributed by atoms with Gasteiger partial charge < -0.3 is 15.0 Å². The number of hydrogen-bond donors (Lipinski definition) is 2. The predicted molar refractivity (Wildman–Crippen MR) is 66.7 cm³/mol. The summed E-state index contributed by atoms with van der Waals surface area (Å²) in [5.41, 5.74) is 3.51. The molecule has 0 unspecified atom stereocenters. The van der Waals surface area contributed by atoms with Crippen LogP contribution in [0.25, 0.3) is 0 Å². The van der Waals surface area contributed by atoms with Gasteiger partial charge in [0.2, 0.25) is 0 Å². The third-order valence-electron chi connectivity index (χ3n) is 3.23. The highest BCUT2D eigenvalue weighted by Gasteiger charge is 2.21. The molecule has 3 rings (SSSR count). The first kappa shape index (κ1) is 10.8. The van der Waals surface area contributed by atoms with Crippen molar-refractivity contribution in [2.75, 3.05) is 11.4 Å². The van der Waals surface area contributed by atoms with Crippen molar-refractivity contribution in [2.24, 2.45) is 0 Å². The number of aromatic carboxylic acids is 1. The number of aromatic nitrogens is 2. The number of carbonyl (C=O) groups is 1. The fourth-order valence-electron chi connectivity index (χ4n) is 2.32. The van der Waals surface area contributed by atoms with Crippen LogP contribution in [0.4, 0.5) is 5.69 Å². The van der Waals surface area contributed by atoms with E-state index in [0.717, 1.165) is 24.3 Å². The van der Waals surface area contributed by atoms with Gasteiger partial charge in [-0.1, -0.05) is 6.07 Å². The van der Waals surface area contributed by atoms with Crippen LogP contribution in [0, 0.1) is 0 Å². The Balaban J connectivity index is 1.90. The van der Waals surface area contributed by atoms with Crippen molar-refractivity contribution < 1.29 is 9.90 Å². The van der Waals surface area contributed by atoms with Crippen LogP contribution in [0.2, 0.25) is 0 Å². The van der Waals surface area contributed by atoms with Crippen molar-refractivity contribution in [2.45, 2.75) is 13.0 Å². The Labute approximate surface area is 104 Å². The lowest BCUT2D eigenvalue weighted by Crippen LogP contribution is -2.20. The van der Waals surface area contributed by atoms with Crippen molar-refractivity contribution in [1.82, 2.24) is 9.97 Å². The van der Waals surface area contributed by atoms with Crippen LogP contribution in [-0.4, -0.2) is 27.6 Å². The summed E-state index contributed by atoms with van der Waals surface area (Å²) in [4.78, 5) is 20.3. The molecule has 18 heavy (non-hydrogen) atoms. The van der Waals surface area contributed by atoms with Gasteiger partial charge in [-0.3, -0.25) is 0 Å². The molecule has 0 saturated carbocycles. The molecule has 1 aromatic carbocycles. The second-order valence-corrected chi connectivity index (χ2v) is 4.38. The number of H-pyrrole nitrogens is 1. The lowest BCUT2D eigenvalue weighted by molar-refractivity contribution is 0.0697. The van der Waals surface area contributed by atoms with Gasteiger partial charge in [0, 0.05) is 18.4 Å². The van der Waals surface area contributed by atoms with Crippen molar-refractivity contribution >= 4 is 11.7 Å². The summed E-state index contributed by atoms with van der Waals surface area (Å²) in [5.74, 6) is -0.885. The van der Waals surface area contributed by atoms with Gasteiger partial charge in [-0.2, -0.15) is 0 Å². The molecular weight excluding hydrogens is 230 g/mol.